The third kappa shape index (κ3) is 5.43. The van der Waals surface area contributed by atoms with Crippen molar-refractivity contribution in [3.8, 4) is 0 Å². The van der Waals surface area contributed by atoms with Crippen LogP contribution in [0.3, 0.4) is 0 Å². The number of nitrogens with zero attached hydrogens (tertiary/aromatic N) is 4. The third-order valence-corrected chi connectivity index (χ3v) is 3.15. The summed E-state index contributed by atoms with van der Waals surface area (Å²) in [7, 11) is 2.91. The molecule has 0 aliphatic carbocycles. The summed E-state index contributed by atoms with van der Waals surface area (Å²) >= 11 is 0. The molecule has 0 bridgehead atoms. The van der Waals surface area contributed by atoms with Crippen molar-refractivity contribution in [2.45, 2.75) is 19.6 Å². The van der Waals surface area contributed by atoms with Crippen LogP contribution in [0, 0.1) is 5.92 Å². The van der Waals surface area contributed by atoms with Crippen molar-refractivity contribution in [2.24, 2.45) is 11.0 Å². The highest BCUT2D eigenvalue weighted by molar-refractivity contribution is 5.78. The molecule has 0 aliphatic rings. The summed E-state index contributed by atoms with van der Waals surface area (Å²) in [6.07, 6.45) is 0. The number of benzene rings is 1. The molecule has 7 heteroatoms. The van der Waals surface area contributed by atoms with E-state index in [-0.39, 0.29) is 12.5 Å². The number of hydrogen-bond acceptors (Lipinski definition) is 4. The summed E-state index contributed by atoms with van der Waals surface area (Å²) in [5, 5.41) is 4.76. The van der Waals surface area contributed by atoms with Crippen LogP contribution in [0.2, 0.25) is 0 Å². The van der Waals surface area contributed by atoms with E-state index in [9.17, 15) is 4.79 Å². The van der Waals surface area contributed by atoms with Crippen molar-refractivity contribution in [2.75, 3.05) is 20.8 Å². The number of azide groups is 1. The Morgan fingerprint density at radius 3 is 2.67 bits per heavy atom. The van der Waals surface area contributed by atoms with E-state index in [0.29, 0.717) is 6.61 Å². The molecule has 21 heavy (non-hydrogen) atoms. The molecule has 0 saturated heterocycles. The monoisotopic (exact) mass is 292 g/mol. The van der Waals surface area contributed by atoms with Crippen LogP contribution in [0.1, 0.15) is 12.5 Å². The van der Waals surface area contributed by atoms with Crippen molar-refractivity contribution in [3.05, 3.63) is 46.3 Å². The molecule has 0 fully saturated rings. The lowest BCUT2D eigenvalue weighted by atomic mass is 10.0. The van der Waals surface area contributed by atoms with Gasteiger partial charge in [-0.1, -0.05) is 42.4 Å². The summed E-state index contributed by atoms with van der Waals surface area (Å²) in [4.78, 5) is 19.6. The zero-order valence-electron chi connectivity index (χ0n) is 12.5. The van der Waals surface area contributed by atoms with E-state index in [0.717, 1.165) is 10.6 Å². The van der Waals surface area contributed by atoms with Gasteiger partial charge in [0.2, 0.25) is 5.91 Å². The van der Waals surface area contributed by atoms with Crippen LogP contribution in [-0.4, -0.2) is 37.8 Å². The van der Waals surface area contributed by atoms with Gasteiger partial charge in [-0.25, -0.2) is 5.06 Å². The molecule has 1 amide bonds. The average Bonchev–Trinajstić information content (AvgIpc) is 2.53. The van der Waals surface area contributed by atoms with Crippen LogP contribution in [0.25, 0.3) is 10.4 Å². The Bertz CT molecular complexity index is 488. The number of ether oxygens (including phenoxy) is 1. The van der Waals surface area contributed by atoms with Crippen LogP contribution in [-0.2, 0) is 21.0 Å². The van der Waals surface area contributed by atoms with Gasteiger partial charge >= 0.3 is 0 Å². The smallest absolute Gasteiger partial charge is 0.249 e. The van der Waals surface area contributed by atoms with Crippen molar-refractivity contribution >= 4 is 5.91 Å². The van der Waals surface area contributed by atoms with Gasteiger partial charge in [0.25, 0.3) is 0 Å². The Hall–Kier alpha value is -2.08. The largest absolute Gasteiger partial charge is 0.376 e. The number of carbonyl (C=O) groups excluding carboxylic acids is 1. The summed E-state index contributed by atoms with van der Waals surface area (Å²) < 4.78 is 5.54. The van der Waals surface area contributed by atoms with Gasteiger partial charge in [0.1, 0.15) is 0 Å². The minimum absolute atomic E-state index is 0.170. The number of carbonyl (C=O) groups is 1. The molecule has 0 saturated carbocycles. The van der Waals surface area contributed by atoms with Crippen LogP contribution in [0.15, 0.2) is 35.4 Å². The first-order chi connectivity index (χ1) is 10.1. The molecule has 1 rings (SSSR count). The summed E-state index contributed by atoms with van der Waals surface area (Å²) in [6.45, 7) is 2.26. The fourth-order valence-electron chi connectivity index (χ4n) is 1.76. The van der Waals surface area contributed by atoms with Gasteiger partial charge < -0.3 is 4.74 Å². The van der Waals surface area contributed by atoms with E-state index in [4.69, 9.17) is 15.1 Å². The molecular formula is C14H20N4O3. The van der Waals surface area contributed by atoms with Crippen molar-refractivity contribution in [3.63, 3.8) is 0 Å². The molecule has 0 heterocycles. The zero-order valence-corrected chi connectivity index (χ0v) is 12.5. The fraction of sp³-hybridized carbons (Fsp3) is 0.500. The molecule has 1 aromatic rings. The van der Waals surface area contributed by atoms with Crippen LogP contribution < -0.4 is 0 Å². The predicted molar refractivity (Wildman–Crippen MR) is 78.0 cm³/mol. The maximum atomic E-state index is 12.0. The second-order valence-corrected chi connectivity index (χ2v) is 4.58. The molecular weight excluding hydrogens is 272 g/mol. The normalized spacial score (nSPS) is 13.1. The molecule has 0 aromatic heterocycles. The summed E-state index contributed by atoms with van der Waals surface area (Å²) in [6, 6.07) is 9.06. The summed E-state index contributed by atoms with van der Waals surface area (Å²) in [5.41, 5.74) is 9.64. The maximum Gasteiger partial charge on any atom is 0.249 e. The zero-order chi connectivity index (χ0) is 15.7. The van der Waals surface area contributed by atoms with Gasteiger partial charge in [-0.2, -0.15) is 0 Å². The van der Waals surface area contributed by atoms with E-state index in [1.165, 1.54) is 14.2 Å². The lowest BCUT2D eigenvalue weighted by Gasteiger charge is -2.23. The van der Waals surface area contributed by atoms with Gasteiger partial charge in [0.15, 0.2) is 0 Å². The Morgan fingerprint density at radius 1 is 1.43 bits per heavy atom. The second kappa shape index (κ2) is 8.97. The Balaban J connectivity index is 2.57. The fourth-order valence-corrected chi connectivity index (χ4v) is 1.76. The molecule has 0 spiro atoms. The first kappa shape index (κ1) is 17.0. The van der Waals surface area contributed by atoms with Gasteiger partial charge in [0.05, 0.1) is 26.4 Å². The van der Waals surface area contributed by atoms with E-state index in [1.807, 2.05) is 30.3 Å². The lowest BCUT2D eigenvalue weighted by molar-refractivity contribution is -0.174. The maximum absolute atomic E-state index is 12.0. The van der Waals surface area contributed by atoms with Crippen molar-refractivity contribution in [1.29, 1.82) is 0 Å². The Kier molecular flexibility index (Phi) is 7.25. The highest BCUT2D eigenvalue weighted by Crippen LogP contribution is 2.13. The molecule has 1 aromatic carbocycles. The molecule has 7 nitrogen and oxygen atoms in total. The first-order valence-electron chi connectivity index (χ1n) is 6.57. The molecule has 0 unspecified atom stereocenters. The SMILES string of the molecule is CON(C)C(=O)[C@@H](C)[C@H](COCc1ccccc1)N=[N+]=[N-]. The van der Waals surface area contributed by atoms with Gasteiger partial charge in [-0.05, 0) is 11.1 Å². The topological polar surface area (TPSA) is 87.5 Å². The van der Waals surface area contributed by atoms with Crippen LogP contribution in [0.4, 0.5) is 0 Å². The van der Waals surface area contributed by atoms with Crippen molar-refractivity contribution < 1.29 is 14.4 Å². The Morgan fingerprint density at radius 2 is 2.10 bits per heavy atom. The second-order valence-electron chi connectivity index (χ2n) is 4.58. The standard InChI is InChI=1S/C14H20N4O3/c1-11(14(19)18(2)20-3)13(16-17-15)10-21-9-12-7-5-4-6-8-12/h4-8,11,13H,9-10H2,1-3H3/t11-,13-/m0/s1. The average molecular weight is 292 g/mol. The van der Waals surface area contributed by atoms with Gasteiger partial charge in [-0.15, -0.1) is 0 Å². The molecule has 0 radical (unpaired) electrons. The molecule has 0 N–H and O–H groups in total. The van der Waals surface area contributed by atoms with Crippen LogP contribution in [0.5, 0.6) is 0 Å². The number of rotatable bonds is 8. The van der Waals surface area contributed by atoms with Crippen LogP contribution >= 0.6 is 0 Å². The highest BCUT2D eigenvalue weighted by Gasteiger charge is 2.26. The predicted octanol–water partition coefficient (Wildman–Crippen LogP) is 2.54. The van der Waals surface area contributed by atoms with E-state index >= 15 is 0 Å². The minimum Gasteiger partial charge on any atom is -0.376 e. The van der Waals surface area contributed by atoms with E-state index < -0.39 is 12.0 Å². The van der Waals surface area contributed by atoms with E-state index in [1.54, 1.807) is 6.92 Å². The lowest BCUT2D eigenvalue weighted by Crippen LogP contribution is -2.37. The molecule has 0 aliphatic heterocycles. The van der Waals surface area contributed by atoms with Crippen molar-refractivity contribution in [1.82, 2.24) is 5.06 Å². The molecule has 114 valence electrons. The molecule has 2 atom stereocenters. The van der Waals surface area contributed by atoms with Gasteiger partial charge in [-0.3, -0.25) is 9.63 Å². The highest BCUT2D eigenvalue weighted by atomic mass is 16.7. The van der Waals surface area contributed by atoms with Gasteiger partial charge in [0, 0.05) is 17.9 Å². The quantitative estimate of drug-likeness (QED) is 0.319. The van der Waals surface area contributed by atoms with E-state index in [2.05, 4.69) is 10.0 Å². The minimum atomic E-state index is -0.580. The Labute approximate surface area is 124 Å². The number of hydrogen-bond donors (Lipinski definition) is 0. The summed E-state index contributed by atoms with van der Waals surface area (Å²) in [5.74, 6) is -0.792. The third-order valence-electron chi connectivity index (χ3n) is 3.15. The number of hydroxylamine groups is 2. The first-order valence-corrected chi connectivity index (χ1v) is 6.57. The number of amides is 1.